The molecular formula is C23H44N6O7. The minimum absolute atomic E-state index is 0.0289. The third-order valence-electron chi connectivity index (χ3n) is 4.88. The number of aryl methyl sites for hydroxylation is 1. The number of hydrogen-bond donors (Lipinski definition) is 8. The van der Waals surface area contributed by atoms with Crippen molar-refractivity contribution in [1.82, 2.24) is 10.3 Å². The van der Waals surface area contributed by atoms with Gasteiger partial charge in [0.15, 0.2) is 12.4 Å². The zero-order chi connectivity index (χ0) is 28.1. The number of guanidine groups is 1. The lowest BCUT2D eigenvalue weighted by molar-refractivity contribution is -0.143. The Bertz CT molecular complexity index is 737. The Kier molecular flexibility index (Phi) is 20.5. The standard InChI is InChI=1S/C7H12O2.C6H14N4O2.C6H13NO2.C4H5NO/c8-7(9)6-4-2-1-3-5-6;7-4(5(11)12)2-1-3-10-6(8)9;1-4(2)3-5(7)6(8)9;1-4-2-5-3-6-4/h6H,1-5H2,(H,8,9);4H,1-3,7H2,(H,11,12)(H4,8,9,10);4-5H,3,7H2,1-2H3,(H,8,9);2-3H,1H3/t;4-;5-;/m.00./s1. The molecule has 1 aromatic rings. The third kappa shape index (κ3) is 22.6. The molecule has 0 spiro atoms. The smallest absolute Gasteiger partial charge is 0.320 e. The number of oxazole rings is 1. The summed E-state index contributed by atoms with van der Waals surface area (Å²) in [6.07, 6.45) is 9.84. The third-order valence-corrected chi connectivity index (χ3v) is 4.88. The van der Waals surface area contributed by atoms with E-state index in [1.165, 1.54) is 12.8 Å². The Morgan fingerprint density at radius 3 is 1.94 bits per heavy atom. The topological polar surface area (TPSA) is 252 Å². The number of carboxylic acid groups (broad SMARTS) is 3. The Labute approximate surface area is 212 Å². The van der Waals surface area contributed by atoms with Crippen molar-refractivity contribution >= 4 is 23.9 Å². The fourth-order valence-corrected chi connectivity index (χ4v) is 2.91. The predicted octanol–water partition coefficient (Wildman–Crippen LogP) is 1.74. The second kappa shape index (κ2) is 21.1. The monoisotopic (exact) mass is 516 g/mol. The second-order valence-electron chi connectivity index (χ2n) is 8.79. The number of hydrogen-bond acceptors (Lipinski definition) is 8. The van der Waals surface area contributed by atoms with Gasteiger partial charge in [0.2, 0.25) is 0 Å². The Hall–Kier alpha value is -3.19. The molecule has 1 fully saturated rings. The van der Waals surface area contributed by atoms with Gasteiger partial charge in [0.25, 0.3) is 0 Å². The predicted molar refractivity (Wildman–Crippen MR) is 135 cm³/mol. The molecule has 0 aliphatic heterocycles. The van der Waals surface area contributed by atoms with Gasteiger partial charge in [0.1, 0.15) is 17.8 Å². The Morgan fingerprint density at radius 2 is 1.67 bits per heavy atom. The van der Waals surface area contributed by atoms with E-state index in [1.807, 2.05) is 20.8 Å². The van der Waals surface area contributed by atoms with Gasteiger partial charge in [-0.1, -0.05) is 33.1 Å². The van der Waals surface area contributed by atoms with Crippen LogP contribution < -0.4 is 22.5 Å². The van der Waals surface area contributed by atoms with Crippen molar-refractivity contribution in [2.45, 2.75) is 84.2 Å². The van der Waals surface area contributed by atoms with Gasteiger partial charge in [-0.05, 0) is 44.9 Å². The lowest BCUT2D eigenvalue weighted by Gasteiger charge is -2.16. The molecule has 0 aromatic carbocycles. The van der Waals surface area contributed by atoms with E-state index in [0.717, 1.165) is 31.4 Å². The number of rotatable bonds is 9. The number of carbonyl (C=O) groups is 3. The SMILES string of the molecule is CC(C)C[C@H](N)C(=O)O.Cc1cnco1.N=C(N)NCCC[C@H](N)C(=O)O.O=C(O)C1CCCCC1. The second-order valence-corrected chi connectivity index (χ2v) is 8.79. The van der Waals surface area contributed by atoms with E-state index < -0.39 is 30.0 Å². The average molecular weight is 517 g/mol. The molecule has 1 heterocycles. The van der Waals surface area contributed by atoms with Crippen molar-refractivity contribution in [2.24, 2.45) is 29.0 Å². The molecule has 1 aromatic heterocycles. The molecular weight excluding hydrogens is 472 g/mol. The van der Waals surface area contributed by atoms with E-state index in [-0.39, 0.29) is 11.9 Å². The van der Waals surface area contributed by atoms with Crippen molar-refractivity contribution in [1.29, 1.82) is 5.41 Å². The van der Waals surface area contributed by atoms with Gasteiger partial charge in [0.05, 0.1) is 12.1 Å². The van der Waals surface area contributed by atoms with E-state index in [2.05, 4.69) is 10.3 Å². The zero-order valence-corrected chi connectivity index (χ0v) is 21.5. The normalized spacial score (nSPS) is 14.4. The number of aliphatic carboxylic acids is 3. The van der Waals surface area contributed by atoms with Crippen LogP contribution in [0.1, 0.15) is 71.0 Å². The van der Waals surface area contributed by atoms with Crippen molar-refractivity contribution in [3.8, 4) is 0 Å². The van der Waals surface area contributed by atoms with Crippen LogP contribution >= 0.6 is 0 Å². The molecule has 0 bridgehead atoms. The fourth-order valence-electron chi connectivity index (χ4n) is 2.91. The highest BCUT2D eigenvalue weighted by molar-refractivity contribution is 5.74. The summed E-state index contributed by atoms with van der Waals surface area (Å²) in [4.78, 5) is 34.3. The molecule has 0 saturated heterocycles. The number of nitrogens with one attached hydrogen (secondary N) is 2. The van der Waals surface area contributed by atoms with Crippen LogP contribution in [0.2, 0.25) is 0 Å². The first-order valence-electron chi connectivity index (χ1n) is 11.9. The maximum Gasteiger partial charge on any atom is 0.320 e. The molecule has 36 heavy (non-hydrogen) atoms. The lowest BCUT2D eigenvalue weighted by atomic mass is 9.90. The van der Waals surface area contributed by atoms with Crippen LogP contribution in [0.3, 0.4) is 0 Å². The van der Waals surface area contributed by atoms with E-state index >= 15 is 0 Å². The average Bonchev–Trinajstić information content (AvgIpc) is 3.28. The molecule has 11 N–H and O–H groups in total. The minimum Gasteiger partial charge on any atom is -0.481 e. The van der Waals surface area contributed by atoms with Crippen LogP contribution in [0.25, 0.3) is 0 Å². The summed E-state index contributed by atoms with van der Waals surface area (Å²) in [7, 11) is 0. The molecule has 1 aliphatic carbocycles. The minimum atomic E-state index is -1.00. The molecule has 0 amide bonds. The highest BCUT2D eigenvalue weighted by atomic mass is 16.4. The van der Waals surface area contributed by atoms with E-state index in [1.54, 1.807) is 6.20 Å². The van der Waals surface area contributed by atoms with E-state index in [4.69, 9.17) is 42.3 Å². The first-order chi connectivity index (χ1) is 16.8. The largest absolute Gasteiger partial charge is 0.481 e. The molecule has 208 valence electrons. The van der Waals surface area contributed by atoms with Gasteiger partial charge in [0, 0.05) is 6.54 Å². The van der Waals surface area contributed by atoms with Crippen LogP contribution in [0, 0.1) is 24.2 Å². The van der Waals surface area contributed by atoms with Crippen molar-refractivity contribution in [3.05, 3.63) is 18.4 Å². The summed E-state index contributed by atoms with van der Waals surface area (Å²) < 4.78 is 4.72. The van der Waals surface area contributed by atoms with E-state index in [9.17, 15) is 14.4 Å². The van der Waals surface area contributed by atoms with Gasteiger partial charge in [-0.2, -0.15) is 0 Å². The van der Waals surface area contributed by atoms with Crippen LogP contribution in [0.5, 0.6) is 0 Å². The molecule has 13 nitrogen and oxygen atoms in total. The molecule has 13 heteroatoms. The summed E-state index contributed by atoms with van der Waals surface area (Å²) >= 11 is 0. The van der Waals surface area contributed by atoms with Gasteiger partial charge in [-0.15, -0.1) is 0 Å². The number of aromatic nitrogens is 1. The fraction of sp³-hybridized carbons (Fsp3) is 0.696. The van der Waals surface area contributed by atoms with Crippen molar-refractivity contribution < 1.29 is 34.1 Å². The van der Waals surface area contributed by atoms with Crippen molar-refractivity contribution in [3.63, 3.8) is 0 Å². The number of nitrogens with two attached hydrogens (primary N) is 3. The lowest BCUT2D eigenvalue weighted by Crippen LogP contribution is -2.34. The Balaban J connectivity index is 0. The Morgan fingerprint density at radius 1 is 1.11 bits per heavy atom. The van der Waals surface area contributed by atoms with Crippen LogP contribution in [-0.4, -0.2) is 62.8 Å². The van der Waals surface area contributed by atoms with Crippen molar-refractivity contribution in [2.75, 3.05) is 6.54 Å². The highest BCUT2D eigenvalue weighted by Gasteiger charge is 2.19. The molecule has 2 rings (SSSR count). The first kappa shape index (κ1) is 35.0. The van der Waals surface area contributed by atoms with Gasteiger partial charge in [-0.3, -0.25) is 19.8 Å². The summed E-state index contributed by atoms with van der Waals surface area (Å²) in [5.74, 6) is -1.44. The molecule has 0 radical (unpaired) electrons. The first-order valence-corrected chi connectivity index (χ1v) is 11.9. The number of carboxylic acids is 3. The molecule has 1 aliphatic rings. The van der Waals surface area contributed by atoms with Crippen LogP contribution in [-0.2, 0) is 14.4 Å². The van der Waals surface area contributed by atoms with Gasteiger partial charge in [-0.25, -0.2) is 4.98 Å². The quantitative estimate of drug-likeness (QED) is 0.133. The van der Waals surface area contributed by atoms with Gasteiger partial charge >= 0.3 is 17.9 Å². The maximum absolute atomic E-state index is 10.4. The van der Waals surface area contributed by atoms with E-state index in [0.29, 0.717) is 31.7 Å². The molecule has 2 atom stereocenters. The highest BCUT2D eigenvalue weighted by Crippen LogP contribution is 2.23. The van der Waals surface area contributed by atoms with Crippen LogP contribution in [0.15, 0.2) is 17.0 Å². The summed E-state index contributed by atoms with van der Waals surface area (Å²) in [6.45, 7) is 6.23. The summed E-state index contributed by atoms with van der Waals surface area (Å²) in [5, 5.41) is 34.6. The maximum atomic E-state index is 10.4. The zero-order valence-electron chi connectivity index (χ0n) is 21.5. The molecule has 1 saturated carbocycles. The summed E-state index contributed by atoms with van der Waals surface area (Å²) in [6, 6.07) is -1.51. The summed E-state index contributed by atoms with van der Waals surface area (Å²) in [5.41, 5.74) is 15.4. The van der Waals surface area contributed by atoms with Crippen LogP contribution in [0.4, 0.5) is 0 Å². The van der Waals surface area contributed by atoms with Gasteiger partial charge < -0.3 is 42.3 Å². The molecule has 0 unspecified atom stereocenters. The number of nitrogens with zero attached hydrogens (tertiary/aromatic N) is 1.